The highest BCUT2D eigenvalue weighted by Gasteiger charge is 2.12. The van der Waals surface area contributed by atoms with Gasteiger partial charge in [-0.3, -0.25) is 0 Å². The zero-order chi connectivity index (χ0) is 13.2. The third-order valence-corrected chi connectivity index (χ3v) is 3.24. The fourth-order valence-electron chi connectivity index (χ4n) is 2.32. The van der Waals surface area contributed by atoms with Crippen molar-refractivity contribution in [1.29, 1.82) is 0 Å². The molecule has 2 heterocycles. The molecule has 0 aliphatic carbocycles. The van der Waals surface area contributed by atoms with Crippen LogP contribution in [0, 0.1) is 0 Å². The van der Waals surface area contributed by atoms with Gasteiger partial charge in [0.05, 0.1) is 0 Å². The summed E-state index contributed by atoms with van der Waals surface area (Å²) in [6, 6.07) is 12.1. The SMILES string of the molecule is CCn1c(-c2cccc(CN)c2)nc2cccnc21. The normalized spacial score (nSPS) is 11.1. The lowest BCUT2D eigenvalue weighted by Crippen LogP contribution is -2.00. The molecule has 0 radical (unpaired) electrons. The van der Waals surface area contributed by atoms with E-state index in [0.29, 0.717) is 6.54 Å². The van der Waals surface area contributed by atoms with E-state index in [2.05, 4.69) is 33.6 Å². The number of hydrogen-bond acceptors (Lipinski definition) is 3. The van der Waals surface area contributed by atoms with Gasteiger partial charge in [0.15, 0.2) is 5.65 Å². The van der Waals surface area contributed by atoms with Crippen LogP contribution in [0.5, 0.6) is 0 Å². The van der Waals surface area contributed by atoms with Gasteiger partial charge < -0.3 is 10.3 Å². The van der Waals surface area contributed by atoms with Crippen LogP contribution in [-0.4, -0.2) is 14.5 Å². The molecule has 2 N–H and O–H groups in total. The maximum atomic E-state index is 5.70. The van der Waals surface area contributed by atoms with Crippen molar-refractivity contribution in [3.05, 3.63) is 48.2 Å². The van der Waals surface area contributed by atoms with Crippen LogP contribution in [0.2, 0.25) is 0 Å². The van der Waals surface area contributed by atoms with Gasteiger partial charge >= 0.3 is 0 Å². The molecule has 0 atom stereocenters. The first-order valence-corrected chi connectivity index (χ1v) is 6.44. The van der Waals surface area contributed by atoms with E-state index in [0.717, 1.165) is 34.7 Å². The quantitative estimate of drug-likeness (QED) is 0.779. The molecule has 0 saturated carbocycles. The minimum Gasteiger partial charge on any atom is -0.326 e. The van der Waals surface area contributed by atoms with Gasteiger partial charge in [0.1, 0.15) is 11.3 Å². The van der Waals surface area contributed by atoms with E-state index < -0.39 is 0 Å². The van der Waals surface area contributed by atoms with Crippen molar-refractivity contribution in [3.8, 4) is 11.4 Å². The largest absolute Gasteiger partial charge is 0.326 e. The summed E-state index contributed by atoms with van der Waals surface area (Å²) in [6.45, 7) is 3.49. The molecule has 0 saturated heterocycles. The topological polar surface area (TPSA) is 56.7 Å². The molecule has 0 fully saturated rings. The van der Waals surface area contributed by atoms with Gasteiger partial charge in [-0.05, 0) is 30.7 Å². The summed E-state index contributed by atoms with van der Waals surface area (Å²) < 4.78 is 2.13. The van der Waals surface area contributed by atoms with Gasteiger partial charge in [-0.25, -0.2) is 9.97 Å². The molecule has 0 amide bonds. The van der Waals surface area contributed by atoms with Crippen molar-refractivity contribution in [1.82, 2.24) is 14.5 Å². The Labute approximate surface area is 111 Å². The highest BCUT2D eigenvalue weighted by Crippen LogP contribution is 2.24. The van der Waals surface area contributed by atoms with Crippen LogP contribution in [0.4, 0.5) is 0 Å². The molecular formula is C15H16N4. The number of aryl methyl sites for hydroxylation is 1. The van der Waals surface area contributed by atoms with Gasteiger partial charge in [-0.2, -0.15) is 0 Å². The predicted octanol–water partition coefficient (Wildman–Crippen LogP) is 2.58. The Morgan fingerprint density at radius 2 is 2.11 bits per heavy atom. The monoisotopic (exact) mass is 252 g/mol. The summed E-state index contributed by atoms with van der Waals surface area (Å²) in [5.74, 6) is 0.950. The lowest BCUT2D eigenvalue weighted by Gasteiger charge is -2.06. The molecule has 0 aliphatic heterocycles. The summed E-state index contributed by atoms with van der Waals surface area (Å²) in [5, 5.41) is 0. The fourth-order valence-corrected chi connectivity index (χ4v) is 2.32. The first-order chi connectivity index (χ1) is 9.33. The van der Waals surface area contributed by atoms with E-state index in [-0.39, 0.29) is 0 Å². The Balaban J connectivity index is 2.23. The Morgan fingerprint density at radius 1 is 1.21 bits per heavy atom. The molecule has 0 spiro atoms. The van der Waals surface area contributed by atoms with E-state index >= 15 is 0 Å². The average molecular weight is 252 g/mol. The van der Waals surface area contributed by atoms with Gasteiger partial charge in [0, 0.05) is 24.8 Å². The number of pyridine rings is 1. The number of nitrogens with two attached hydrogens (primary N) is 1. The standard InChI is InChI=1S/C15H16N4/c1-2-19-14(12-6-3-5-11(9-12)10-16)18-13-7-4-8-17-15(13)19/h3-9H,2,10,16H2,1H3. The lowest BCUT2D eigenvalue weighted by atomic mass is 10.1. The molecular weight excluding hydrogens is 236 g/mol. The van der Waals surface area contributed by atoms with Crippen molar-refractivity contribution >= 4 is 11.2 Å². The summed E-state index contributed by atoms with van der Waals surface area (Å²) in [5.41, 5.74) is 9.76. The van der Waals surface area contributed by atoms with Crippen LogP contribution in [0.3, 0.4) is 0 Å². The Hall–Kier alpha value is -2.20. The average Bonchev–Trinajstić information content (AvgIpc) is 2.86. The molecule has 1 aromatic carbocycles. The molecule has 3 rings (SSSR count). The highest BCUT2D eigenvalue weighted by atomic mass is 15.1. The van der Waals surface area contributed by atoms with Gasteiger partial charge in [-0.1, -0.05) is 18.2 Å². The number of rotatable bonds is 3. The molecule has 3 aromatic rings. The van der Waals surface area contributed by atoms with Crippen molar-refractivity contribution in [3.63, 3.8) is 0 Å². The van der Waals surface area contributed by atoms with Gasteiger partial charge in [-0.15, -0.1) is 0 Å². The number of benzene rings is 1. The second kappa shape index (κ2) is 4.82. The summed E-state index contributed by atoms with van der Waals surface area (Å²) in [7, 11) is 0. The van der Waals surface area contributed by atoms with E-state index in [4.69, 9.17) is 5.73 Å². The smallest absolute Gasteiger partial charge is 0.160 e. The van der Waals surface area contributed by atoms with E-state index in [1.807, 2.05) is 24.3 Å². The molecule has 2 aromatic heterocycles. The van der Waals surface area contributed by atoms with Crippen LogP contribution in [-0.2, 0) is 13.1 Å². The molecule has 0 unspecified atom stereocenters. The molecule has 4 heteroatoms. The van der Waals surface area contributed by atoms with Crippen LogP contribution in [0.15, 0.2) is 42.6 Å². The second-order valence-corrected chi connectivity index (χ2v) is 4.43. The molecule has 96 valence electrons. The van der Waals surface area contributed by atoms with Crippen LogP contribution < -0.4 is 5.73 Å². The Kier molecular flexibility index (Phi) is 3.01. The minimum atomic E-state index is 0.540. The first kappa shape index (κ1) is 11.9. The van der Waals surface area contributed by atoms with Crippen molar-refractivity contribution in [2.75, 3.05) is 0 Å². The number of fused-ring (bicyclic) bond motifs is 1. The predicted molar refractivity (Wildman–Crippen MR) is 76.5 cm³/mol. The van der Waals surface area contributed by atoms with E-state index in [1.165, 1.54) is 0 Å². The maximum Gasteiger partial charge on any atom is 0.160 e. The van der Waals surface area contributed by atoms with Gasteiger partial charge in [0.2, 0.25) is 0 Å². The minimum absolute atomic E-state index is 0.540. The van der Waals surface area contributed by atoms with Crippen LogP contribution in [0.25, 0.3) is 22.6 Å². The van der Waals surface area contributed by atoms with Crippen LogP contribution in [0.1, 0.15) is 12.5 Å². The van der Waals surface area contributed by atoms with Crippen molar-refractivity contribution < 1.29 is 0 Å². The first-order valence-electron chi connectivity index (χ1n) is 6.44. The lowest BCUT2D eigenvalue weighted by molar-refractivity contribution is 0.787. The third-order valence-electron chi connectivity index (χ3n) is 3.24. The number of imidazole rings is 1. The molecule has 0 bridgehead atoms. The zero-order valence-corrected chi connectivity index (χ0v) is 10.9. The Morgan fingerprint density at radius 3 is 2.89 bits per heavy atom. The number of hydrogen-bond donors (Lipinski definition) is 1. The van der Waals surface area contributed by atoms with Gasteiger partial charge in [0.25, 0.3) is 0 Å². The zero-order valence-electron chi connectivity index (χ0n) is 10.9. The molecule has 4 nitrogen and oxygen atoms in total. The van der Waals surface area contributed by atoms with E-state index in [9.17, 15) is 0 Å². The second-order valence-electron chi connectivity index (χ2n) is 4.43. The van der Waals surface area contributed by atoms with Crippen LogP contribution >= 0.6 is 0 Å². The maximum absolute atomic E-state index is 5.70. The van der Waals surface area contributed by atoms with E-state index in [1.54, 1.807) is 6.20 Å². The fraction of sp³-hybridized carbons (Fsp3) is 0.200. The summed E-state index contributed by atoms with van der Waals surface area (Å²) >= 11 is 0. The molecule has 19 heavy (non-hydrogen) atoms. The number of nitrogens with zero attached hydrogens (tertiary/aromatic N) is 3. The summed E-state index contributed by atoms with van der Waals surface area (Å²) in [4.78, 5) is 9.11. The Bertz CT molecular complexity index is 715. The molecule has 0 aliphatic rings. The number of aromatic nitrogens is 3. The van der Waals surface area contributed by atoms with Crippen molar-refractivity contribution in [2.45, 2.75) is 20.0 Å². The van der Waals surface area contributed by atoms with Crippen molar-refractivity contribution in [2.24, 2.45) is 5.73 Å². The third kappa shape index (κ3) is 2.00. The summed E-state index contributed by atoms with van der Waals surface area (Å²) in [6.07, 6.45) is 1.80. The highest BCUT2D eigenvalue weighted by molar-refractivity contribution is 5.77.